The van der Waals surface area contributed by atoms with E-state index in [1.54, 1.807) is 4.90 Å². The third-order valence-corrected chi connectivity index (χ3v) is 6.50. The van der Waals surface area contributed by atoms with Crippen LogP contribution >= 0.6 is 0 Å². The van der Waals surface area contributed by atoms with Crippen molar-refractivity contribution in [3.63, 3.8) is 0 Å². The fourth-order valence-corrected chi connectivity index (χ4v) is 3.42. The molecule has 0 bridgehead atoms. The number of morpholine rings is 1. The highest BCUT2D eigenvalue weighted by molar-refractivity contribution is 5.84. The molecule has 0 radical (unpaired) electrons. The first-order chi connectivity index (χ1) is 13.6. The van der Waals surface area contributed by atoms with Crippen molar-refractivity contribution in [3.05, 3.63) is 0 Å². The molecule has 0 saturated carbocycles. The summed E-state index contributed by atoms with van der Waals surface area (Å²) >= 11 is 0. The second kappa shape index (κ2) is 9.77. The molecule has 0 unspecified atom stereocenters. The Balaban J connectivity index is 2.13. The number of piperidine rings is 1. The predicted octanol–water partition coefficient (Wildman–Crippen LogP) is 2.00. The lowest BCUT2D eigenvalue weighted by molar-refractivity contribution is -0.134. The maximum absolute atomic E-state index is 13.2. The highest BCUT2D eigenvalue weighted by atomic mass is 16.6. The van der Waals surface area contributed by atoms with Gasteiger partial charge in [0.25, 0.3) is 5.91 Å². The summed E-state index contributed by atoms with van der Waals surface area (Å²) in [7, 11) is 2.00. The topological polar surface area (TPSA) is 94.9 Å². The molecule has 0 aliphatic carbocycles. The number of nitrogens with one attached hydrogen (secondary N) is 1. The second-order valence-corrected chi connectivity index (χ2v) is 9.31. The van der Waals surface area contributed by atoms with Crippen molar-refractivity contribution in [2.24, 2.45) is 11.3 Å². The van der Waals surface area contributed by atoms with Crippen LogP contribution < -0.4 is 5.32 Å². The minimum absolute atomic E-state index is 0.208. The lowest BCUT2D eigenvalue weighted by atomic mass is 9.76. The lowest BCUT2D eigenvalue weighted by Crippen LogP contribution is -2.57. The van der Waals surface area contributed by atoms with Crippen molar-refractivity contribution in [2.45, 2.75) is 58.6 Å². The van der Waals surface area contributed by atoms with Crippen molar-refractivity contribution < 1.29 is 19.1 Å². The highest BCUT2D eigenvalue weighted by Crippen LogP contribution is 2.33. The Morgan fingerprint density at radius 3 is 2.31 bits per heavy atom. The van der Waals surface area contributed by atoms with Crippen molar-refractivity contribution in [3.8, 4) is 6.07 Å². The molecule has 2 fully saturated rings. The van der Waals surface area contributed by atoms with E-state index in [9.17, 15) is 14.9 Å². The van der Waals surface area contributed by atoms with Gasteiger partial charge >= 0.3 is 6.09 Å². The number of amides is 2. The fourth-order valence-electron chi connectivity index (χ4n) is 3.42. The van der Waals surface area contributed by atoms with Gasteiger partial charge in [0.2, 0.25) is 0 Å². The van der Waals surface area contributed by atoms with Crippen LogP contribution in [-0.2, 0) is 14.3 Å². The van der Waals surface area contributed by atoms with Crippen LogP contribution in [0.3, 0.4) is 0 Å². The Bertz CT molecular complexity index is 615. The van der Waals surface area contributed by atoms with Gasteiger partial charge in [0.1, 0.15) is 5.54 Å². The fraction of sp³-hybridized carbons (Fsp3) is 0.857. The third-order valence-electron chi connectivity index (χ3n) is 6.50. The molecule has 8 nitrogen and oxygen atoms in total. The summed E-state index contributed by atoms with van der Waals surface area (Å²) < 4.78 is 11.0. The van der Waals surface area contributed by atoms with Crippen LogP contribution in [0.25, 0.3) is 0 Å². The molecule has 2 aliphatic rings. The van der Waals surface area contributed by atoms with E-state index < -0.39 is 17.7 Å². The number of carbonyl (C=O) groups is 2. The maximum atomic E-state index is 13.2. The van der Waals surface area contributed by atoms with Crippen LogP contribution in [-0.4, -0.2) is 79.9 Å². The Labute approximate surface area is 174 Å². The molecule has 2 heterocycles. The summed E-state index contributed by atoms with van der Waals surface area (Å²) in [5.74, 6) is -0.0837. The number of nitriles is 1. The van der Waals surface area contributed by atoms with E-state index in [1.807, 2.05) is 7.05 Å². The zero-order valence-electron chi connectivity index (χ0n) is 18.5. The second-order valence-electron chi connectivity index (χ2n) is 9.31. The normalized spacial score (nSPS) is 21.3. The molecule has 0 spiro atoms. The number of hydrogen-bond donors (Lipinski definition) is 1. The molecule has 1 atom stereocenters. The predicted molar refractivity (Wildman–Crippen MR) is 109 cm³/mol. The largest absolute Gasteiger partial charge is 0.436 e. The van der Waals surface area contributed by atoms with Crippen LogP contribution in [0, 0.1) is 22.7 Å². The molecule has 2 rings (SSSR count). The van der Waals surface area contributed by atoms with Crippen LogP contribution in [0.1, 0.15) is 47.0 Å². The monoisotopic (exact) mass is 408 g/mol. The first-order valence-electron chi connectivity index (χ1n) is 10.5. The minimum atomic E-state index is -0.937. The van der Waals surface area contributed by atoms with Crippen molar-refractivity contribution in [2.75, 3.05) is 46.4 Å². The first kappa shape index (κ1) is 23.4. The molecule has 164 valence electrons. The summed E-state index contributed by atoms with van der Waals surface area (Å²) in [5.41, 5.74) is -1.12. The van der Waals surface area contributed by atoms with Crippen LogP contribution in [0.2, 0.25) is 0 Å². The molecule has 1 N–H and O–H groups in total. The number of carbonyl (C=O) groups excluding carboxylic acids is 2. The molecular weight excluding hydrogens is 372 g/mol. The number of hydrogen-bond acceptors (Lipinski definition) is 6. The molecule has 2 aliphatic heterocycles. The van der Waals surface area contributed by atoms with Gasteiger partial charge in [-0.1, -0.05) is 27.7 Å². The SMILES string of the molecule is CC(C)C(C)(C)C[C@H](OC(=O)N1CCOCC1)C(=O)NC1(C#N)CCN(C)CC1. The Morgan fingerprint density at radius 1 is 1.21 bits per heavy atom. The molecule has 2 amide bonds. The zero-order chi connectivity index (χ0) is 21.7. The van der Waals surface area contributed by atoms with Gasteiger partial charge in [-0.15, -0.1) is 0 Å². The molecule has 29 heavy (non-hydrogen) atoms. The summed E-state index contributed by atoms with van der Waals surface area (Å²) in [6.07, 6.45) is 0.0796. The van der Waals surface area contributed by atoms with E-state index in [-0.39, 0.29) is 11.3 Å². The summed E-state index contributed by atoms with van der Waals surface area (Å²) in [6, 6.07) is 2.30. The van der Waals surface area contributed by atoms with Crippen LogP contribution in [0.5, 0.6) is 0 Å². The maximum Gasteiger partial charge on any atom is 0.410 e. The molecule has 8 heteroatoms. The van der Waals surface area contributed by atoms with Crippen LogP contribution in [0.4, 0.5) is 4.79 Å². The number of nitrogens with zero attached hydrogens (tertiary/aromatic N) is 3. The van der Waals surface area contributed by atoms with Crippen LogP contribution in [0.15, 0.2) is 0 Å². The summed E-state index contributed by atoms with van der Waals surface area (Å²) in [4.78, 5) is 29.5. The number of rotatable bonds is 6. The van der Waals surface area contributed by atoms with E-state index in [2.05, 4.69) is 44.0 Å². The van der Waals surface area contributed by atoms with Gasteiger partial charge in [-0.05, 0) is 37.6 Å². The van der Waals surface area contributed by atoms with Gasteiger partial charge in [0, 0.05) is 26.2 Å². The van der Waals surface area contributed by atoms with E-state index in [4.69, 9.17) is 9.47 Å². The first-order valence-corrected chi connectivity index (χ1v) is 10.5. The zero-order valence-corrected chi connectivity index (χ0v) is 18.5. The van der Waals surface area contributed by atoms with Crippen molar-refractivity contribution in [1.82, 2.24) is 15.1 Å². The average molecular weight is 409 g/mol. The van der Waals surface area contributed by atoms with Gasteiger partial charge in [0.05, 0.1) is 19.3 Å². The van der Waals surface area contributed by atoms with E-state index in [1.165, 1.54) is 0 Å². The van der Waals surface area contributed by atoms with Gasteiger partial charge < -0.3 is 24.6 Å². The highest BCUT2D eigenvalue weighted by Gasteiger charge is 2.40. The van der Waals surface area contributed by atoms with Gasteiger partial charge in [0.15, 0.2) is 6.10 Å². The molecule has 0 aromatic carbocycles. The van der Waals surface area contributed by atoms with E-state index in [0.29, 0.717) is 51.5 Å². The quantitative estimate of drug-likeness (QED) is 0.722. The van der Waals surface area contributed by atoms with Gasteiger partial charge in [-0.25, -0.2) is 4.79 Å². The lowest BCUT2D eigenvalue weighted by Gasteiger charge is -2.38. The third kappa shape index (κ3) is 6.31. The Morgan fingerprint density at radius 2 is 1.79 bits per heavy atom. The van der Waals surface area contributed by atoms with E-state index >= 15 is 0 Å². The smallest absolute Gasteiger partial charge is 0.410 e. The Hall–Kier alpha value is -1.85. The molecule has 0 aromatic heterocycles. The summed E-state index contributed by atoms with van der Waals surface area (Å²) in [6.45, 7) is 11.6. The number of ether oxygens (including phenoxy) is 2. The standard InChI is InChI=1S/C21H36N4O4/c1-16(2)20(3,4)14-17(29-19(27)25-10-12-28-13-11-25)18(26)23-21(15-22)6-8-24(5)9-7-21/h16-17H,6-14H2,1-5H3,(H,23,26)/t17-/m0/s1. The van der Waals surface area contributed by atoms with Crippen molar-refractivity contribution in [1.29, 1.82) is 5.26 Å². The molecule has 0 aromatic rings. The Kier molecular flexibility index (Phi) is 7.89. The molecular formula is C21H36N4O4. The average Bonchev–Trinajstić information content (AvgIpc) is 2.69. The molecule has 2 saturated heterocycles. The van der Waals surface area contributed by atoms with Gasteiger partial charge in [-0.3, -0.25) is 4.79 Å². The number of likely N-dealkylation sites (tertiary alicyclic amines) is 1. The minimum Gasteiger partial charge on any atom is -0.436 e. The van der Waals surface area contributed by atoms with Gasteiger partial charge in [-0.2, -0.15) is 5.26 Å². The van der Waals surface area contributed by atoms with E-state index in [0.717, 1.165) is 13.1 Å². The summed E-state index contributed by atoms with van der Waals surface area (Å²) in [5, 5.41) is 12.7. The van der Waals surface area contributed by atoms with Crippen molar-refractivity contribution >= 4 is 12.0 Å².